The van der Waals surface area contributed by atoms with Crippen LogP contribution in [-0.2, 0) is 11.2 Å². The number of aromatic amines is 1. The Morgan fingerprint density at radius 1 is 1.09 bits per heavy atom. The third-order valence-corrected chi connectivity index (χ3v) is 6.36. The summed E-state index contributed by atoms with van der Waals surface area (Å²) in [6, 6.07) is 22.2. The number of H-pyrrole nitrogens is 1. The number of nitrogens with one attached hydrogen (secondary N) is 1. The van der Waals surface area contributed by atoms with Crippen molar-refractivity contribution in [2.45, 2.75) is 25.2 Å². The molecule has 0 spiro atoms. The lowest BCUT2D eigenvalue weighted by Gasteiger charge is -2.32. The Balaban J connectivity index is 1.33. The summed E-state index contributed by atoms with van der Waals surface area (Å²) in [7, 11) is 1.68. The van der Waals surface area contributed by atoms with Crippen LogP contribution in [0.2, 0.25) is 0 Å². The van der Waals surface area contributed by atoms with E-state index in [1.807, 2.05) is 59.6 Å². The monoisotopic (exact) mass is 425 g/mol. The fourth-order valence-corrected chi connectivity index (χ4v) is 4.68. The molecule has 32 heavy (non-hydrogen) atoms. The summed E-state index contributed by atoms with van der Waals surface area (Å²) in [5.41, 5.74) is 5.06. The number of amides is 1. The van der Waals surface area contributed by atoms with E-state index in [2.05, 4.69) is 23.2 Å². The Labute approximate surface area is 188 Å². The molecule has 1 amide bonds. The summed E-state index contributed by atoms with van der Waals surface area (Å²) < 4.78 is 5.52. The number of aromatic nitrogens is 2. The van der Waals surface area contributed by atoms with Crippen LogP contribution in [0.1, 0.15) is 30.0 Å². The lowest BCUT2D eigenvalue weighted by atomic mass is 9.93. The van der Waals surface area contributed by atoms with Crippen LogP contribution in [-0.4, -0.2) is 41.0 Å². The van der Waals surface area contributed by atoms with E-state index in [1.54, 1.807) is 7.11 Å². The predicted octanol–water partition coefficient (Wildman–Crippen LogP) is 5.19. The predicted molar refractivity (Wildman–Crippen MR) is 127 cm³/mol. The van der Waals surface area contributed by atoms with Gasteiger partial charge in [0.1, 0.15) is 5.75 Å². The number of nitrogens with zero attached hydrogens (tertiary/aromatic N) is 2. The molecule has 5 nitrogen and oxygen atoms in total. The van der Waals surface area contributed by atoms with Gasteiger partial charge in [0.2, 0.25) is 5.91 Å². The molecule has 162 valence electrons. The molecule has 1 fully saturated rings. The van der Waals surface area contributed by atoms with E-state index >= 15 is 0 Å². The van der Waals surface area contributed by atoms with E-state index in [0.29, 0.717) is 13.0 Å². The second-order valence-electron chi connectivity index (χ2n) is 8.36. The minimum Gasteiger partial charge on any atom is -0.496 e. The molecule has 1 aliphatic heterocycles. The molecule has 0 aliphatic carbocycles. The zero-order valence-electron chi connectivity index (χ0n) is 18.3. The summed E-state index contributed by atoms with van der Waals surface area (Å²) in [6.07, 6.45) is 4.41. The van der Waals surface area contributed by atoms with Gasteiger partial charge >= 0.3 is 0 Å². The van der Waals surface area contributed by atoms with Gasteiger partial charge in [-0.2, -0.15) is 0 Å². The molecule has 3 heterocycles. The van der Waals surface area contributed by atoms with Crippen LogP contribution >= 0.6 is 0 Å². The number of methoxy groups -OCH3 is 1. The first-order valence-corrected chi connectivity index (χ1v) is 11.2. The van der Waals surface area contributed by atoms with E-state index in [-0.39, 0.29) is 11.8 Å². The fraction of sp³-hybridized carbons (Fsp3) is 0.259. The number of carbonyl (C=O) groups is 1. The number of carbonyl (C=O) groups excluding carboxylic acids is 1. The van der Waals surface area contributed by atoms with Gasteiger partial charge in [-0.25, -0.2) is 0 Å². The van der Waals surface area contributed by atoms with E-state index in [0.717, 1.165) is 58.6 Å². The van der Waals surface area contributed by atoms with Crippen LogP contribution in [0.4, 0.5) is 0 Å². The normalized spacial score (nSPS) is 16.3. The second-order valence-corrected chi connectivity index (χ2v) is 8.36. The molecule has 0 radical (unpaired) electrons. The van der Waals surface area contributed by atoms with Crippen molar-refractivity contribution in [3.63, 3.8) is 0 Å². The van der Waals surface area contributed by atoms with Crippen molar-refractivity contribution in [3.05, 3.63) is 84.2 Å². The molecule has 2 aromatic carbocycles. The Morgan fingerprint density at radius 2 is 1.94 bits per heavy atom. The minimum atomic E-state index is 0.181. The molecule has 1 saturated heterocycles. The van der Waals surface area contributed by atoms with Gasteiger partial charge in [0.05, 0.1) is 19.2 Å². The number of piperidine rings is 1. The maximum absolute atomic E-state index is 13.1. The van der Waals surface area contributed by atoms with E-state index in [1.165, 1.54) is 0 Å². The number of benzene rings is 2. The number of hydrogen-bond acceptors (Lipinski definition) is 3. The van der Waals surface area contributed by atoms with E-state index < -0.39 is 0 Å². The van der Waals surface area contributed by atoms with Crippen LogP contribution in [0.3, 0.4) is 0 Å². The minimum absolute atomic E-state index is 0.181. The molecule has 0 bridgehead atoms. The third-order valence-electron chi connectivity index (χ3n) is 6.36. The Bertz CT molecular complexity index is 1250. The second kappa shape index (κ2) is 8.87. The zero-order valence-corrected chi connectivity index (χ0v) is 18.3. The van der Waals surface area contributed by atoms with Crippen LogP contribution in [0.25, 0.3) is 22.2 Å². The van der Waals surface area contributed by atoms with Crippen molar-refractivity contribution in [3.8, 4) is 17.0 Å². The third kappa shape index (κ3) is 3.98. The summed E-state index contributed by atoms with van der Waals surface area (Å²) >= 11 is 0. The Morgan fingerprint density at radius 3 is 2.84 bits per heavy atom. The molecule has 1 atom stereocenters. The lowest BCUT2D eigenvalue weighted by molar-refractivity contribution is -0.131. The lowest BCUT2D eigenvalue weighted by Crippen LogP contribution is -2.40. The first-order chi connectivity index (χ1) is 15.7. The van der Waals surface area contributed by atoms with Crippen LogP contribution in [0.15, 0.2) is 72.9 Å². The van der Waals surface area contributed by atoms with Crippen LogP contribution in [0.5, 0.6) is 5.75 Å². The first kappa shape index (κ1) is 20.3. The number of para-hydroxylation sites is 2. The molecule has 1 aliphatic rings. The van der Waals surface area contributed by atoms with Crippen molar-refractivity contribution >= 4 is 16.8 Å². The molecular formula is C27H27N3O2. The van der Waals surface area contributed by atoms with Gasteiger partial charge in [-0.15, -0.1) is 0 Å². The van der Waals surface area contributed by atoms with Crippen LogP contribution < -0.4 is 4.74 Å². The average molecular weight is 426 g/mol. The highest BCUT2D eigenvalue weighted by Gasteiger charge is 2.26. The number of pyridine rings is 1. The summed E-state index contributed by atoms with van der Waals surface area (Å²) in [5.74, 6) is 1.24. The van der Waals surface area contributed by atoms with Gasteiger partial charge < -0.3 is 14.6 Å². The summed E-state index contributed by atoms with van der Waals surface area (Å²) in [6.45, 7) is 1.52. The van der Waals surface area contributed by atoms with Crippen molar-refractivity contribution in [2.75, 3.05) is 20.2 Å². The number of fused-ring (bicyclic) bond motifs is 1. The van der Waals surface area contributed by atoms with Crippen LogP contribution in [0, 0.1) is 0 Å². The maximum atomic E-state index is 13.1. The van der Waals surface area contributed by atoms with Gasteiger partial charge in [-0.05, 0) is 48.7 Å². The quantitative estimate of drug-likeness (QED) is 0.479. The fourth-order valence-electron chi connectivity index (χ4n) is 4.68. The Hall–Kier alpha value is -3.60. The number of rotatable bonds is 5. The van der Waals surface area contributed by atoms with Crippen molar-refractivity contribution in [1.29, 1.82) is 0 Å². The van der Waals surface area contributed by atoms with Gasteiger partial charge in [0.15, 0.2) is 0 Å². The van der Waals surface area contributed by atoms with E-state index in [4.69, 9.17) is 9.72 Å². The highest BCUT2D eigenvalue weighted by Crippen LogP contribution is 2.31. The molecule has 1 N–H and O–H groups in total. The van der Waals surface area contributed by atoms with Crippen molar-refractivity contribution in [2.24, 2.45) is 0 Å². The molecule has 1 unspecified atom stereocenters. The summed E-state index contributed by atoms with van der Waals surface area (Å²) in [5, 5.41) is 1.13. The maximum Gasteiger partial charge on any atom is 0.227 e. The molecule has 5 rings (SSSR count). The highest BCUT2D eigenvalue weighted by molar-refractivity contribution is 5.89. The molecule has 5 heteroatoms. The molecule has 2 aromatic heterocycles. The summed E-state index contributed by atoms with van der Waals surface area (Å²) in [4.78, 5) is 23.4. The smallest absolute Gasteiger partial charge is 0.227 e. The average Bonchev–Trinajstić information content (AvgIpc) is 3.27. The van der Waals surface area contributed by atoms with Crippen molar-refractivity contribution < 1.29 is 9.53 Å². The van der Waals surface area contributed by atoms with Gasteiger partial charge in [0, 0.05) is 47.4 Å². The topological polar surface area (TPSA) is 58.2 Å². The highest BCUT2D eigenvalue weighted by atomic mass is 16.5. The number of ether oxygens (including phenoxy) is 1. The molecule has 0 saturated carbocycles. The Kier molecular flexibility index (Phi) is 5.63. The van der Waals surface area contributed by atoms with Gasteiger partial charge in [0.25, 0.3) is 0 Å². The van der Waals surface area contributed by atoms with Gasteiger partial charge in [-0.3, -0.25) is 9.78 Å². The van der Waals surface area contributed by atoms with E-state index in [9.17, 15) is 4.79 Å². The van der Waals surface area contributed by atoms with Gasteiger partial charge in [-0.1, -0.05) is 36.4 Å². The molecule has 4 aromatic rings. The zero-order chi connectivity index (χ0) is 21.9. The SMILES string of the molecule is COc1ccccc1-c1cccc(C2CCCN(C(=O)Cc3c[nH]c4ccccc34)C2)n1. The largest absolute Gasteiger partial charge is 0.496 e. The van der Waals surface area contributed by atoms with Crippen molar-refractivity contribution in [1.82, 2.24) is 14.9 Å². The molecular weight excluding hydrogens is 398 g/mol. The number of likely N-dealkylation sites (tertiary alicyclic amines) is 1. The number of hydrogen-bond donors (Lipinski definition) is 1. The standard InChI is InChI=1S/C27H27N3O2/c1-32-26-14-5-3-10-22(26)25-13-6-12-23(29-25)19-8-7-15-30(18-19)27(31)16-20-17-28-24-11-4-2-9-21(20)24/h2-6,9-14,17,19,28H,7-8,15-16,18H2,1H3. The first-order valence-electron chi connectivity index (χ1n) is 11.2.